The Hall–Kier alpha value is -1.32. The van der Waals surface area contributed by atoms with Crippen LogP contribution in [-0.4, -0.2) is 23.1 Å². The van der Waals surface area contributed by atoms with E-state index >= 15 is 0 Å². The third-order valence-corrected chi connectivity index (χ3v) is 3.57. The second-order valence-corrected chi connectivity index (χ2v) is 5.78. The summed E-state index contributed by atoms with van der Waals surface area (Å²) in [5.74, 6) is 2.30. The number of anilines is 2. The quantitative estimate of drug-likeness (QED) is 0.657. The molecular weight excluding hydrogens is 248 g/mol. The Kier molecular flexibility index (Phi) is 7.34. The van der Waals surface area contributed by atoms with Crippen LogP contribution in [-0.2, 0) is 0 Å². The number of aromatic nitrogens is 2. The summed E-state index contributed by atoms with van der Waals surface area (Å²) in [4.78, 5) is 8.74. The van der Waals surface area contributed by atoms with Crippen molar-refractivity contribution in [1.82, 2.24) is 9.97 Å². The van der Waals surface area contributed by atoms with Crippen molar-refractivity contribution >= 4 is 11.6 Å². The lowest BCUT2D eigenvalue weighted by atomic mass is 10.0. The molecule has 1 heterocycles. The topological polar surface area (TPSA) is 49.8 Å². The Morgan fingerprint density at radius 1 is 1.05 bits per heavy atom. The van der Waals surface area contributed by atoms with Gasteiger partial charge in [-0.3, -0.25) is 0 Å². The molecule has 0 fully saturated rings. The SMILES string of the molecule is CCCCCCC(C)Nc1ncnc(NC)c1C(C)C. The number of nitrogens with one attached hydrogen (secondary N) is 2. The van der Waals surface area contributed by atoms with E-state index in [0.717, 1.165) is 11.6 Å². The Bertz CT molecular complexity index is 390. The lowest BCUT2D eigenvalue weighted by Crippen LogP contribution is -2.18. The summed E-state index contributed by atoms with van der Waals surface area (Å²) < 4.78 is 0. The van der Waals surface area contributed by atoms with Gasteiger partial charge < -0.3 is 10.6 Å². The van der Waals surface area contributed by atoms with Gasteiger partial charge in [0.15, 0.2) is 0 Å². The molecule has 0 bridgehead atoms. The molecule has 0 saturated carbocycles. The zero-order chi connectivity index (χ0) is 15.0. The Morgan fingerprint density at radius 3 is 2.35 bits per heavy atom. The number of unbranched alkanes of at least 4 members (excludes halogenated alkanes) is 3. The van der Waals surface area contributed by atoms with E-state index in [4.69, 9.17) is 0 Å². The van der Waals surface area contributed by atoms with Gasteiger partial charge in [0, 0.05) is 18.7 Å². The van der Waals surface area contributed by atoms with Crippen molar-refractivity contribution in [2.75, 3.05) is 17.7 Å². The molecule has 4 heteroatoms. The molecule has 0 aliphatic rings. The van der Waals surface area contributed by atoms with Crippen molar-refractivity contribution < 1.29 is 0 Å². The van der Waals surface area contributed by atoms with Gasteiger partial charge in [0.05, 0.1) is 0 Å². The molecule has 0 aliphatic heterocycles. The van der Waals surface area contributed by atoms with Crippen molar-refractivity contribution in [2.45, 2.75) is 71.8 Å². The normalized spacial score (nSPS) is 12.5. The number of rotatable bonds is 9. The van der Waals surface area contributed by atoms with E-state index < -0.39 is 0 Å². The van der Waals surface area contributed by atoms with Crippen molar-refractivity contribution in [2.24, 2.45) is 0 Å². The minimum absolute atomic E-state index is 0.397. The van der Waals surface area contributed by atoms with Crippen LogP contribution in [0.5, 0.6) is 0 Å². The molecule has 4 nitrogen and oxygen atoms in total. The first kappa shape index (κ1) is 16.7. The summed E-state index contributed by atoms with van der Waals surface area (Å²) in [6.07, 6.45) is 8.05. The van der Waals surface area contributed by atoms with Gasteiger partial charge in [0.25, 0.3) is 0 Å². The van der Waals surface area contributed by atoms with Gasteiger partial charge in [-0.2, -0.15) is 0 Å². The van der Waals surface area contributed by atoms with Crippen LogP contribution in [0.1, 0.15) is 71.3 Å². The van der Waals surface area contributed by atoms with E-state index in [0.29, 0.717) is 12.0 Å². The van der Waals surface area contributed by atoms with E-state index in [1.54, 1.807) is 6.33 Å². The lowest BCUT2D eigenvalue weighted by molar-refractivity contribution is 0.592. The van der Waals surface area contributed by atoms with Crippen molar-refractivity contribution in [3.05, 3.63) is 11.9 Å². The highest BCUT2D eigenvalue weighted by Gasteiger charge is 2.15. The van der Waals surface area contributed by atoms with E-state index in [9.17, 15) is 0 Å². The Morgan fingerprint density at radius 2 is 1.75 bits per heavy atom. The maximum atomic E-state index is 4.43. The lowest BCUT2D eigenvalue weighted by Gasteiger charge is -2.20. The van der Waals surface area contributed by atoms with Gasteiger partial charge in [0.2, 0.25) is 0 Å². The molecule has 1 atom stereocenters. The molecule has 1 unspecified atom stereocenters. The highest BCUT2D eigenvalue weighted by atomic mass is 15.1. The van der Waals surface area contributed by atoms with Crippen LogP contribution >= 0.6 is 0 Å². The summed E-state index contributed by atoms with van der Waals surface area (Å²) in [6, 6.07) is 0.448. The summed E-state index contributed by atoms with van der Waals surface area (Å²) in [5, 5.41) is 6.71. The average molecular weight is 278 g/mol. The van der Waals surface area contributed by atoms with Crippen molar-refractivity contribution in [3.63, 3.8) is 0 Å². The first-order chi connectivity index (χ1) is 9.60. The predicted molar refractivity (Wildman–Crippen MR) is 87.5 cm³/mol. The number of hydrogen-bond acceptors (Lipinski definition) is 4. The monoisotopic (exact) mass is 278 g/mol. The maximum absolute atomic E-state index is 4.43. The highest BCUT2D eigenvalue weighted by Crippen LogP contribution is 2.28. The summed E-state index contributed by atoms with van der Waals surface area (Å²) in [5.41, 5.74) is 1.18. The molecule has 0 radical (unpaired) electrons. The van der Waals surface area contributed by atoms with Crippen LogP contribution in [0.25, 0.3) is 0 Å². The molecule has 114 valence electrons. The third-order valence-electron chi connectivity index (χ3n) is 3.57. The number of hydrogen-bond donors (Lipinski definition) is 2. The van der Waals surface area contributed by atoms with E-state index in [1.807, 2.05) is 7.05 Å². The van der Waals surface area contributed by atoms with Crippen LogP contribution in [0, 0.1) is 0 Å². The largest absolute Gasteiger partial charge is 0.373 e. The minimum Gasteiger partial charge on any atom is -0.373 e. The minimum atomic E-state index is 0.397. The van der Waals surface area contributed by atoms with Crippen LogP contribution in [0.2, 0.25) is 0 Å². The standard InChI is InChI=1S/C16H30N4/c1-6-7-8-9-10-13(4)20-16-14(12(2)3)15(17-5)18-11-19-16/h11-13H,6-10H2,1-5H3,(H2,17,18,19,20). The van der Waals surface area contributed by atoms with Gasteiger partial charge in [0.1, 0.15) is 18.0 Å². The zero-order valence-corrected chi connectivity index (χ0v) is 13.7. The molecule has 0 aromatic carbocycles. The smallest absolute Gasteiger partial charge is 0.135 e. The first-order valence-electron chi connectivity index (χ1n) is 7.89. The highest BCUT2D eigenvalue weighted by molar-refractivity contribution is 5.59. The number of nitrogens with zero attached hydrogens (tertiary/aromatic N) is 2. The first-order valence-corrected chi connectivity index (χ1v) is 7.89. The van der Waals surface area contributed by atoms with Gasteiger partial charge in [-0.15, -0.1) is 0 Å². The van der Waals surface area contributed by atoms with E-state index in [2.05, 4.69) is 48.3 Å². The van der Waals surface area contributed by atoms with E-state index in [1.165, 1.54) is 37.7 Å². The summed E-state index contributed by atoms with van der Waals surface area (Å²) >= 11 is 0. The van der Waals surface area contributed by atoms with Gasteiger partial charge in [-0.05, 0) is 19.3 Å². The summed E-state index contributed by atoms with van der Waals surface area (Å²) in [7, 11) is 1.91. The van der Waals surface area contributed by atoms with Crippen LogP contribution in [0.4, 0.5) is 11.6 Å². The zero-order valence-electron chi connectivity index (χ0n) is 13.7. The second-order valence-electron chi connectivity index (χ2n) is 5.78. The van der Waals surface area contributed by atoms with Crippen molar-refractivity contribution in [1.29, 1.82) is 0 Å². The van der Waals surface area contributed by atoms with Crippen LogP contribution in [0.3, 0.4) is 0 Å². The molecule has 1 aromatic heterocycles. The third kappa shape index (κ3) is 4.99. The molecular formula is C16H30N4. The van der Waals surface area contributed by atoms with Gasteiger partial charge in [-0.1, -0.05) is 46.5 Å². The Balaban J connectivity index is 2.66. The molecule has 0 saturated heterocycles. The molecule has 0 spiro atoms. The average Bonchev–Trinajstić information content (AvgIpc) is 2.43. The van der Waals surface area contributed by atoms with Gasteiger partial charge >= 0.3 is 0 Å². The molecule has 20 heavy (non-hydrogen) atoms. The van der Waals surface area contributed by atoms with Crippen LogP contribution < -0.4 is 10.6 Å². The molecule has 1 aromatic rings. The Labute approximate surface area is 123 Å². The van der Waals surface area contributed by atoms with Crippen LogP contribution in [0.15, 0.2) is 6.33 Å². The molecule has 2 N–H and O–H groups in total. The molecule has 0 amide bonds. The fraction of sp³-hybridized carbons (Fsp3) is 0.750. The fourth-order valence-electron chi connectivity index (χ4n) is 2.44. The van der Waals surface area contributed by atoms with Crippen molar-refractivity contribution in [3.8, 4) is 0 Å². The predicted octanol–water partition coefficient (Wildman–Crippen LogP) is 4.41. The maximum Gasteiger partial charge on any atom is 0.135 e. The fourth-order valence-corrected chi connectivity index (χ4v) is 2.44. The van der Waals surface area contributed by atoms with Gasteiger partial charge in [-0.25, -0.2) is 9.97 Å². The molecule has 0 aliphatic carbocycles. The van der Waals surface area contributed by atoms with E-state index in [-0.39, 0.29) is 0 Å². The second kappa shape index (κ2) is 8.77. The molecule has 1 rings (SSSR count). The summed E-state index contributed by atoms with van der Waals surface area (Å²) in [6.45, 7) is 8.83.